The highest BCUT2D eigenvalue weighted by Gasteiger charge is 2.48. The highest BCUT2D eigenvalue weighted by atomic mass is 16.6. The molecule has 4 unspecified atom stereocenters. The molecule has 0 N–H and O–H groups in total. The van der Waals surface area contributed by atoms with Gasteiger partial charge in [-0.15, -0.1) is 0 Å². The van der Waals surface area contributed by atoms with E-state index in [-0.39, 0.29) is 159 Å². The first-order valence-electron chi connectivity index (χ1n) is 40.6. The molecule has 0 spiro atoms. The van der Waals surface area contributed by atoms with Crippen molar-refractivity contribution in [1.29, 1.82) is 0 Å². The molecule has 28 heteroatoms. The highest BCUT2D eigenvalue weighted by molar-refractivity contribution is 6.45. The third-order valence-electron chi connectivity index (χ3n) is 22.9. The summed E-state index contributed by atoms with van der Waals surface area (Å²) in [7, 11) is 5.88. The topological polar surface area (TPSA) is 331 Å². The molecule has 4 amide bonds. The van der Waals surface area contributed by atoms with Gasteiger partial charge in [0.25, 0.3) is 23.6 Å². The van der Waals surface area contributed by atoms with Crippen LogP contribution in [0, 0.1) is 0 Å². The zero-order chi connectivity index (χ0) is 87.3. The first-order chi connectivity index (χ1) is 62.5. The Labute approximate surface area is 724 Å². The number of para-hydroxylation sites is 4. The number of epoxide rings is 2. The van der Waals surface area contributed by atoms with Gasteiger partial charge in [0.1, 0.15) is 140 Å². The Kier molecular flexibility index (Phi) is 19.7. The molecule has 0 saturated carbocycles. The summed E-state index contributed by atoms with van der Waals surface area (Å²) in [6.45, 7) is 0.727. The van der Waals surface area contributed by atoms with Gasteiger partial charge in [0.2, 0.25) is 0 Å². The van der Waals surface area contributed by atoms with Crippen LogP contribution in [0.25, 0.3) is 87.0 Å². The van der Waals surface area contributed by atoms with Crippen molar-refractivity contribution < 1.29 is 114 Å². The second kappa shape index (κ2) is 32.0. The van der Waals surface area contributed by atoms with Crippen molar-refractivity contribution in [3.8, 4) is 80.5 Å². The third-order valence-corrected chi connectivity index (χ3v) is 22.9. The minimum absolute atomic E-state index is 0.0286. The summed E-state index contributed by atoms with van der Waals surface area (Å²) < 4.78 is 99.8. The normalized spacial score (nSPS) is 15.0. The zero-order valence-corrected chi connectivity index (χ0v) is 68.2. The molecule has 128 heavy (non-hydrogen) atoms. The average molecular weight is 1710 g/mol. The third kappa shape index (κ3) is 14.2. The van der Waals surface area contributed by atoms with Crippen LogP contribution in [0.5, 0.6) is 80.5 Å². The predicted molar refractivity (Wildman–Crippen MR) is 463 cm³/mol. The molecule has 2 saturated heterocycles. The van der Waals surface area contributed by atoms with Crippen molar-refractivity contribution in [1.82, 2.24) is 19.8 Å². The van der Waals surface area contributed by atoms with Crippen LogP contribution in [0.3, 0.4) is 0 Å². The van der Waals surface area contributed by atoms with Crippen molar-refractivity contribution in [2.45, 2.75) is 37.1 Å². The number of aromatic nitrogens is 2. The minimum atomic E-state index is -1.90. The molecule has 8 heterocycles. The van der Waals surface area contributed by atoms with Gasteiger partial charge in [-0.3, -0.25) is 38.9 Å². The summed E-state index contributed by atoms with van der Waals surface area (Å²) in [5.41, 5.74) is 1.37. The van der Waals surface area contributed by atoms with E-state index in [0.29, 0.717) is 80.4 Å². The van der Waals surface area contributed by atoms with Gasteiger partial charge in [0.15, 0.2) is 0 Å². The number of hydrogen-bond donors (Lipinski definition) is 0. The molecule has 21 rings (SSSR count). The average Bonchev–Trinajstić information content (AvgIpc) is 0.719. The standard InChI is InChI=1S/C100H68N4O24/c1-113-55-17-11-21-59(35-55)121-79-39-71-83-72(94(106)103(93(71)105)75(33-51-15-9-27-69-67-25-5-7-29-77(67)127-91(51)69)99(111)125-63-31-53(43-101-45-63)97(109)119-49-65-47-117-65)41-81(123-61-23-13-19-57(37-61)115-3)87-88-82(124-62-24-14-20-58(38-62)116-4)42-74-84-73(40-80(86(90(84)88)85(79)89(83)87)122-60-22-12-18-56(36-60)114-2)95(107)104(96(74)108)76(34-52-16-10-28-70-68-26-6-8-30-78(68)128-92(52)70)100(112)126-64-32-54(44-102-46-64)98(110)120-50-66-48-118-66/h5-32,35-46,65-66,75-76H,33-34,47-50H2,1-4H3. The number of rotatable bonds is 28. The van der Waals surface area contributed by atoms with Gasteiger partial charge in [-0.1, -0.05) is 97.1 Å². The first kappa shape index (κ1) is 78.8. The number of hydrogen-bond acceptors (Lipinski definition) is 26. The number of furan rings is 2. The predicted octanol–water partition coefficient (Wildman–Crippen LogP) is 18.3. The molecule has 28 nitrogen and oxygen atoms in total. The molecule has 4 aromatic heterocycles. The van der Waals surface area contributed by atoms with Crippen molar-refractivity contribution >= 4 is 134 Å². The van der Waals surface area contributed by atoms with Crippen molar-refractivity contribution in [2.24, 2.45) is 0 Å². The summed E-state index contributed by atoms with van der Waals surface area (Å²) in [5, 5.41) is 3.14. The number of pyridine rings is 2. The van der Waals surface area contributed by atoms with Gasteiger partial charge in [-0.05, 0) is 108 Å². The molecule has 0 bridgehead atoms. The lowest BCUT2D eigenvalue weighted by Crippen LogP contribution is -2.53. The summed E-state index contributed by atoms with van der Waals surface area (Å²) in [6.07, 6.45) is 3.41. The van der Waals surface area contributed by atoms with E-state index < -0.39 is 72.4 Å². The number of carbonyl (C=O) groups is 8. The Hall–Kier alpha value is -16.5. The number of imide groups is 2. The first-order valence-corrected chi connectivity index (χ1v) is 40.6. The van der Waals surface area contributed by atoms with E-state index in [4.69, 9.17) is 75.2 Å². The SMILES string of the molecule is COc1cccc(Oc2cc3c4c(cc(Oc5cccc(OC)c5)c5c6c(Oc7cccc(OC)c7)cc7c8c(cc(Oc9cccc(OC)c9)c(c2c45)c86)C(=O)N(C(Cc2cccc4c2oc2ccccc24)C(=O)Oc2cncc(C(=O)OCC4CO4)c2)C7=O)C(=O)N(C(Cc2cccc4c2oc2ccccc24)C(=O)Oc2cncc(C(=O)OCC4CO4)c2)C3=O)c1. The number of ether oxygens (including phenoxy) is 14. The van der Waals surface area contributed by atoms with Gasteiger partial charge < -0.3 is 75.2 Å². The van der Waals surface area contributed by atoms with Crippen molar-refractivity contribution in [2.75, 3.05) is 54.9 Å². The van der Waals surface area contributed by atoms with Crippen LogP contribution >= 0.6 is 0 Å². The molecule has 4 aliphatic heterocycles. The Morgan fingerprint density at radius 2 is 0.664 bits per heavy atom. The van der Waals surface area contributed by atoms with E-state index in [1.807, 2.05) is 48.5 Å². The van der Waals surface area contributed by atoms with Crippen LogP contribution in [-0.2, 0) is 41.4 Å². The van der Waals surface area contributed by atoms with Gasteiger partial charge >= 0.3 is 23.9 Å². The maximum atomic E-state index is 17.1. The lowest BCUT2D eigenvalue weighted by molar-refractivity contribution is -0.139. The number of esters is 4. The summed E-state index contributed by atoms with van der Waals surface area (Å²) in [4.78, 5) is 138. The Morgan fingerprint density at radius 1 is 0.352 bits per heavy atom. The van der Waals surface area contributed by atoms with Gasteiger partial charge in [-0.2, -0.15) is 0 Å². The van der Waals surface area contributed by atoms with Crippen LogP contribution in [0.15, 0.2) is 252 Å². The molecule has 0 radical (unpaired) electrons. The summed E-state index contributed by atoms with van der Waals surface area (Å²) in [6, 6.07) is 56.1. The minimum Gasteiger partial charge on any atom is -0.497 e. The number of carbonyl (C=O) groups excluding carboxylic acids is 8. The molecule has 0 aliphatic carbocycles. The molecular weight excluding hydrogens is 1640 g/mol. The van der Waals surface area contributed by atoms with Crippen molar-refractivity contribution in [3.05, 3.63) is 288 Å². The smallest absolute Gasteiger partial charge is 0.339 e. The van der Waals surface area contributed by atoms with E-state index in [9.17, 15) is 9.59 Å². The van der Waals surface area contributed by atoms with E-state index in [1.165, 1.54) is 89.6 Å². The van der Waals surface area contributed by atoms with Gasteiger partial charge in [0, 0.05) is 114 Å². The van der Waals surface area contributed by atoms with Gasteiger partial charge in [0.05, 0.1) is 87.4 Å². The van der Waals surface area contributed by atoms with Crippen LogP contribution in [-0.4, -0.2) is 146 Å². The second-order valence-corrected chi connectivity index (χ2v) is 30.8. The molecule has 632 valence electrons. The lowest BCUT2D eigenvalue weighted by atomic mass is 9.80. The fourth-order valence-electron chi connectivity index (χ4n) is 16.9. The van der Waals surface area contributed by atoms with E-state index in [2.05, 4.69) is 9.97 Å². The maximum absolute atomic E-state index is 17.1. The van der Waals surface area contributed by atoms with Crippen LogP contribution in [0.1, 0.15) is 73.3 Å². The molecule has 17 aromatic rings. The van der Waals surface area contributed by atoms with E-state index >= 15 is 28.8 Å². The monoisotopic (exact) mass is 1710 g/mol. The quantitative estimate of drug-likeness (QED) is 0.0144. The van der Waals surface area contributed by atoms with Gasteiger partial charge in [-0.25, -0.2) is 19.2 Å². The second-order valence-electron chi connectivity index (χ2n) is 30.8. The Balaban J connectivity index is 0.835. The number of methoxy groups -OCH3 is 4. The molecule has 13 aromatic carbocycles. The van der Waals surface area contributed by atoms with Crippen LogP contribution in [0.2, 0.25) is 0 Å². The fraction of sp³-hybridized carbons (Fsp3) is 0.140. The Morgan fingerprint density at radius 3 is 0.992 bits per heavy atom. The van der Waals surface area contributed by atoms with Crippen LogP contribution in [0.4, 0.5) is 0 Å². The summed E-state index contributed by atoms with van der Waals surface area (Å²) in [5.74, 6) is -7.26. The fourth-order valence-corrected chi connectivity index (χ4v) is 16.9. The Bertz CT molecular complexity index is 6890. The number of fused-ring (bicyclic) bond motifs is 8. The number of amides is 4. The van der Waals surface area contributed by atoms with Crippen molar-refractivity contribution in [3.63, 3.8) is 0 Å². The van der Waals surface area contributed by atoms with E-state index in [1.54, 1.807) is 133 Å². The largest absolute Gasteiger partial charge is 0.497 e. The maximum Gasteiger partial charge on any atom is 0.339 e. The molecule has 2 fully saturated rings. The molecule has 4 aliphatic rings. The number of nitrogens with zero attached hydrogens (tertiary/aromatic N) is 4. The number of benzene rings is 13. The molecular formula is C100H68N4O24. The summed E-state index contributed by atoms with van der Waals surface area (Å²) >= 11 is 0. The zero-order valence-electron chi connectivity index (χ0n) is 68.2. The van der Waals surface area contributed by atoms with E-state index in [0.717, 1.165) is 20.6 Å². The highest BCUT2D eigenvalue weighted by Crippen LogP contribution is 2.59. The van der Waals surface area contributed by atoms with Crippen LogP contribution < -0.4 is 47.4 Å². The lowest BCUT2D eigenvalue weighted by Gasteiger charge is -2.35. The molecule has 4 atom stereocenters.